The molecule has 1 aliphatic carbocycles. The molecule has 2 heterocycles. The van der Waals surface area contributed by atoms with Crippen molar-refractivity contribution in [3.05, 3.63) is 38.7 Å². The van der Waals surface area contributed by atoms with Gasteiger partial charge in [0.1, 0.15) is 0 Å². The number of para-hydroxylation sites is 1. The molecule has 1 fully saturated rings. The fraction of sp³-hybridized carbons (Fsp3) is 0.368. The van der Waals surface area contributed by atoms with Gasteiger partial charge in [0, 0.05) is 22.9 Å². The minimum Gasteiger partial charge on any atom is -0.493 e. The van der Waals surface area contributed by atoms with Crippen molar-refractivity contribution in [2.75, 3.05) is 0 Å². The number of hydrogen-bond acceptors (Lipinski definition) is 4. The number of nitrogens with zero attached hydrogens (tertiary/aromatic N) is 2. The normalized spacial score (nSPS) is 19.5. The Balaban J connectivity index is 1.76. The van der Waals surface area contributed by atoms with E-state index in [0.717, 1.165) is 44.2 Å². The second-order valence-electron chi connectivity index (χ2n) is 6.49. The summed E-state index contributed by atoms with van der Waals surface area (Å²) in [4.78, 5) is 5.46. The standard InChI is InChI=1S/C19H20N2OS2/c1-12-15(14-9-5-6-10-16(14)20-12)11-17-18(22)21(19(23)24-17)13-7-3-2-4-8-13/h5-6,9-11,13,22H,2-4,7-8H2,1H3/b15-11-. The lowest BCUT2D eigenvalue weighted by Crippen LogP contribution is -2.12. The van der Waals surface area contributed by atoms with Crippen LogP contribution in [0, 0.1) is 3.95 Å². The van der Waals surface area contributed by atoms with Crippen molar-refractivity contribution in [3.63, 3.8) is 0 Å². The van der Waals surface area contributed by atoms with E-state index in [1.54, 1.807) is 0 Å². The van der Waals surface area contributed by atoms with Gasteiger partial charge in [0.15, 0.2) is 3.95 Å². The molecule has 3 nitrogen and oxygen atoms in total. The summed E-state index contributed by atoms with van der Waals surface area (Å²) >= 11 is 7.05. The largest absolute Gasteiger partial charge is 0.493 e. The highest BCUT2D eigenvalue weighted by Crippen LogP contribution is 2.40. The fourth-order valence-corrected chi connectivity index (χ4v) is 5.09. The predicted molar refractivity (Wildman–Crippen MR) is 104 cm³/mol. The maximum absolute atomic E-state index is 10.8. The van der Waals surface area contributed by atoms with Gasteiger partial charge in [-0.1, -0.05) is 37.5 Å². The summed E-state index contributed by atoms with van der Waals surface area (Å²) in [6.07, 6.45) is 7.99. The van der Waals surface area contributed by atoms with Crippen LogP contribution in [0.1, 0.15) is 55.5 Å². The number of fused-ring (bicyclic) bond motifs is 1. The first-order valence-electron chi connectivity index (χ1n) is 8.46. The lowest BCUT2D eigenvalue weighted by molar-refractivity contribution is 0.312. The van der Waals surface area contributed by atoms with Gasteiger partial charge in [-0.2, -0.15) is 0 Å². The zero-order valence-electron chi connectivity index (χ0n) is 13.7. The molecular weight excluding hydrogens is 336 g/mol. The van der Waals surface area contributed by atoms with Crippen LogP contribution in [-0.4, -0.2) is 15.4 Å². The molecule has 5 heteroatoms. The molecule has 0 atom stereocenters. The third-order valence-corrected chi connectivity index (χ3v) is 6.27. The number of aromatic hydroxyl groups is 1. The van der Waals surface area contributed by atoms with Crippen molar-refractivity contribution in [1.29, 1.82) is 0 Å². The first kappa shape index (κ1) is 15.8. The Morgan fingerprint density at radius 2 is 2.00 bits per heavy atom. The van der Waals surface area contributed by atoms with Crippen molar-refractivity contribution >= 4 is 46.6 Å². The Kier molecular flexibility index (Phi) is 4.14. The summed E-state index contributed by atoms with van der Waals surface area (Å²) in [5, 5.41) is 10.8. The molecule has 1 saturated carbocycles. The van der Waals surface area contributed by atoms with E-state index in [9.17, 15) is 5.11 Å². The van der Waals surface area contributed by atoms with Crippen LogP contribution in [0.3, 0.4) is 0 Å². The zero-order chi connectivity index (χ0) is 16.7. The van der Waals surface area contributed by atoms with Gasteiger partial charge in [0.25, 0.3) is 0 Å². The number of benzene rings is 1. The van der Waals surface area contributed by atoms with Crippen LogP contribution in [0.5, 0.6) is 5.88 Å². The molecule has 1 aromatic heterocycles. The van der Waals surface area contributed by atoms with Gasteiger partial charge in [-0.15, -0.1) is 11.3 Å². The molecule has 2 aromatic rings. The van der Waals surface area contributed by atoms with Crippen molar-refractivity contribution in [3.8, 4) is 5.88 Å². The van der Waals surface area contributed by atoms with Crippen LogP contribution in [0.4, 0.5) is 5.69 Å². The molecule has 1 aliphatic heterocycles. The summed E-state index contributed by atoms with van der Waals surface area (Å²) in [7, 11) is 0. The summed E-state index contributed by atoms with van der Waals surface area (Å²) in [5.74, 6) is 0.321. The van der Waals surface area contributed by atoms with E-state index in [1.807, 2.05) is 35.8 Å². The number of rotatable bonds is 2. The molecule has 0 unspecified atom stereocenters. The molecule has 1 N–H and O–H groups in total. The number of aliphatic imine (C=N–C) groups is 1. The average Bonchev–Trinajstić information content (AvgIpc) is 3.05. The van der Waals surface area contributed by atoms with Crippen LogP contribution in [0.25, 0.3) is 11.6 Å². The Hall–Kier alpha value is -1.72. The minimum absolute atomic E-state index is 0.321. The Morgan fingerprint density at radius 3 is 2.79 bits per heavy atom. The van der Waals surface area contributed by atoms with Crippen molar-refractivity contribution < 1.29 is 5.11 Å². The molecule has 1 aromatic carbocycles. The van der Waals surface area contributed by atoms with E-state index in [1.165, 1.54) is 30.6 Å². The lowest BCUT2D eigenvalue weighted by Gasteiger charge is -2.23. The second-order valence-corrected chi connectivity index (χ2v) is 8.17. The molecule has 24 heavy (non-hydrogen) atoms. The molecule has 4 rings (SSSR count). The van der Waals surface area contributed by atoms with Gasteiger partial charge in [0.05, 0.1) is 10.6 Å². The summed E-state index contributed by atoms with van der Waals surface area (Å²) in [6.45, 7) is 2.01. The summed E-state index contributed by atoms with van der Waals surface area (Å²) in [5.41, 5.74) is 4.18. The van der Waals surface area contributed by atoms with Crippen LogP contribution < -0.4 is 0 Å². The van der Waals surface area contributed by atoms with Crippen molar-refractivity contribution in [1.82, 2.24) is 4.57 Å². The van der Waals surface area contributed by atoms with Crippen LogP contribution in [0.15, 0.2) is 29.3 Å². The second kappa shape index (κ2) is 6.30. The maximum Gasteiger partial charge on any atom is 0.210 e. The molecular formula is C19H20N2OS2. The van der Waals surface area contributed by atoms with Gasteiger partial charge in [0.2, 0.25) is 5.88 Å². The Labute approximate surface area is 151 Å². The summed E-state index contributed by atoms with van der Waals surface area (Å²) < 4.78 is 2.74. The number of allylic oxidation sites excluding steroid dienone is 1. The first-order valence-corrected chi connectivity index (χ1v) is 9.68. The fourth-order valence-electron chi connectivity index (χ4n) is 3.70. The zero-order valence-corrected chi connectivity index (χ0v) is 15.3. The Bertz CT molecular complexity index is 898. The molecule has 2 aliphatic rings. The van der Waals surface area contributed by atoms with E-state index >= 15 is 0 Å². The Morgan fingerprint density at radius 1 is 1.25 bits per heavy atom. The van der Waals surface area contributed by atoms with E-state index in [2.05, 4.69) is 11.1 Å². The third-order valence-electron chi connectivity index (χ3n) is 4.93. The lowest BCUT2D eigenvalue weighted by atomic mass is 9.95. The van der Waals surface area contributed by atoms with Gasteiger partial charge in [-0.05, 0) is 44.1 Å². The summed E-state index contributed by atoms with van der Waals surface area (Å²) in [6, 6.07) is 8.47. The monoisotopic (exact) mass is 356 g/mol. The van der Waals surface area contributed by atoms with Crippen molar-refractivity contribution in [2.24, 2.45) is 4.99 Å². The molecule has 0 bridgehead atoms. The van der Waals surface area contributed by atoms with Crippen LogP contribution in [0.2, 0.25) is 0 Å². The average molecular weight is 357 g/mol. The van der Waals surface area contributed by atoms with Crippen molar-refractivity contribution in [2.45, 2.75) is 45.1 Å². The van der Waals surface area contributed by atoms with Crippen LogP contribution >= 0.6 is 23.6 Å². The SMILES string of the molecule is CC1=Nc2ccccc2/C1=C\c1sc(=S)n(C2CCCCC2)c1O. The van der Waals surface area contributed by atoms with Gasteiger partial charge >= 0.3 is 0 Å². The molecule has 124 valence electrons. The predicted octanol–water partition coefficient (Wildman–Crippen LogP) is 6.14. The van der Waals surface area contributed by atoms with Gasteiger partial charge in [-0.25, -0.2) is 0 Å². The molecule has 0 amide bonds. The topological polar surface area (TPSA) is 37.5 Å². The maximum atomic E-state index is 10.8. The van der Waals surface area contributed by atoms with Crippen LogP contribution in [-0.2, 0) is 0 Å². The van der Waals surface area contributed by atoms with E-state index < -0.39 is 0 Å². The molecule has 0 saturated heterocycles. The third kappa shape index (κ3) is 2.66. The van der Waals surface area contributed by atoms with Gasteiger partial charge in [-0.3, -0.25) is 9.56 Å². The van der Waals surface area contributed by atoms with E-state index in [0.29, 0.717) is 11.9 Å². The molecule has 0 radical (unpaired) electrons. The quantitative estimate of drug-likeness (QED) is 0.657. The smallest absolute Gasteiger partial charge is 0.210 e. The van der Waals surface area contributed by atoms with E-state index in [4.69, 9.17) is 12.2 Å². The van der Waals surface area contributed by atoms with E-state index in [-0.39, 0.29) is 0 Å². The first-order chi connectivity index (χ1) is 11.6. The highest BCUT2D eigenvalue weighted by molar-refractivity contribution is 7.73. The number of hydrogen-bond donors (Lipinski definition) is 1. The minimum atomic E-state index is 0.321. The molecule has 0 spiro atoms. The number of thiazole rings is 1. The van der Waals surface area contributed by atoms with Gasteiger partial charge < -0.3 is 5.11 Å². The number of aromatic nitrogens is 1. The highest BCUT2D eigenvalue weighted by atomic mass is 32.1. The highest BCUT2D eigenvalue weighted by Gasteiger charge is 2.23.